The first kappa shape index (κ1) is 21.3. The topological polar surface area (TPSA) is 75.7 Å². The Bertz CT molecular complexity index is 742. The van der Waals surface area contributed by atoms with E-state index in [0.29, 0.717) is 28.6 Å². The van der Waals surface area contributed by atoms with Gasteiger partial charge in [-0.3, -0.25) is 0 Å². The summed E-state index contributed by atoms with van der Waals surface area (Å²) < 4.78 is 32.7. The number of hydrogen-bond donors (Lipinski definition) is 1. The maximum Gasteiger partial charge on any atom is 0.410 e. The highest BCUT2D eigenvalue weighted by Gasteiger charge is 2.32. The van der Waals surface area contributed by atoms with Crippen LogP contribution < -0.4 is 4.72 Å². The Balaban J connectivity index is 1.99. The van der Waals surface area contributed by atoms with Crippen LogP contribution in [0.15, 0.2) is 18.2 Å². The van der Waals surface area contributed by atoms with Gasteiger partial charge in [-0.2, -0.15) is 0 Å². The molecule has 146 valence electrons. The summed E-state index contributed by atoms with van der Waals surface area (Å²) in [6.45, 7) is 6.07. The highest BCUT2D eigenvalue weighted by Crippen LogP contribution is 2.26. The van der Waals surface area contributed by atoms with Gasteiger partial charge in [0, 0.05) is 34.7 Å². The van der Waals surface area contributed by atoms with Gasteiger partial charge in [0.2, 0.25) is 10.0 Å². The van der Waals surface area contributed by atoms with E-state index < -0.39 is 21.7 Å². The van der Waals surface area contributed by atoms with Crippen molar-refractivity contribution in [2.75, 3.05) is 13.1 Å². The molecule has 26 heavy (non-hydrogen) atoms. The molecule has 0 aliphatic carbocycles. The van der Waals surface area contributed by atoms with Crippen molar-refractivity contribution >= 4 is 39.3 Å². The second-order valence-electron chi connectivity index (χ2n) is 7.28. The predicted octanol–water partition coefficient (Wildman–Crippen LogP) is 3.81. The number of ether oxygens (including phenoxy) is 1. The molecule has 1 aliphatic rings. The molecular weight excluding hydrogens is 399 g/mol. The van der Waals surface area contributed by atoms with Crippen LogP contribution in [0.5, 0.6) is 0 Å². The van der Waals surface area contributed by atoms with E-state index >= 15 is 0 Å². The van der Waals surface area contributed by atoms with Crippen LogP contribution in [0.1, 0.15) is 39.2 Å². The summed E-state index contributed by atoms with van der Waals surface area (Å²) in [4.78, 5) is 13.8. The fourth-order valence-electron chi connectivity index (χ4n) is 2.74. The largest absolute Gasteiger partial charge is 0.444 e. The molecule has 2 rings (SSSR count). The van der Waals surface area contributed by atoms with Gasteiger partial charge >= 0.3 is 6.09 Å². The smallest absolute Gasteiger partial charge is 0.410 e. The predicted molar refractivity (Wildman–Crippen MR) is 103 cm³/mol. The minimum atomic E-state index is -3.65. The zero-order valence-electron chi connectivity index (χ0n) is 15.1. The number of carbonyl (C=O) groups is 1. The second kappa shape index (κ2) is 8.33. The summed E-state index contributed by atoms with van der Waals surface area (Å²) in [7, 11) is -3.65. The van der Waals surface area contributed by atoms with E-state index in [0.717, 1.165) is 6.42 Å². The number of nitrogens with zero attached hydrogens (tertiary/aromatic N) is 1. The lowest BCUT2D eigenvalue weighted by molar-refractivity contribution is 0.0229. The van der Waals surface area contributed by atoms with Crippen molar-refractivity contribution in [2.24, 2.45) is 0 Å². The van der Waals surface area contributed by atoms with Gasteiger partial charge in [-0.15, -0.1) is 0 Å². The molecule has 0 bridgehead atoms. The van der Waals surface area contributed by atoms with Crippen LogP contribution in [0.4, 0.5) is 4.79 Å². The number of likely N-dealkylation sites (tertiary alicyclic amines) is 1. The summed E-state index contributed by atoms with van der Waals surface area (Å²) in [5.74, 6) is -0.315. The number of hydrogen-bond acceptors (Lipinski definition) is 4. The molecule has 9 heteroatoms. The third-order valence-corrected chi connectivity index (χ3v) is 5.92. The third kappa shape index (κ3) is 6.01. The molecule has 0 radical (unpaired) electrons. The van der Waals surface area contributed by atoms with E-state index in [1.807, 2.05) is 0 Å². The molecule has 1 atom stereocenters. The number of halogens is 2. The molecule has 1 aromatic carbocycles. The van der Waals surface area contributed by atoms with Gasteiger partial charge in [-0.1, -0.05) is 29.3 Å². The van der Waals surface area contributed by atoms with E-state index in [1.165, 1.54) is 0 Å². The SMILES string of the molecule is CC(C)(C)OC(=O)N1CCC[C@H]1CNS(=O)(=O)Cc1c(Cl)cccc1Cl. The van der Waals surface area contributed by atoms with E-state index in [-0.39, 0.29) is 18.3 Å². The van der Waals surface area contributed by atoms with E-state index in [4.69, 9.17) is 27.9 Å². The van der Waals surface area contributed by atoms with Crippen molar-refractivity contribution in [2.45, 2.75) is 51.0 Å². The average Bonchev–Trinajstić information content (AvgIpc) is 2.96. The molecule has 1 saturated heterocycles. The normalized spacial score (nSPS) is 18.2. The molecule has 1 N–H and O–H groups in total. The maximum atomic E-state index is 12.4. The van der Waals surface area contributed by atoms with E-state index in [1.54, 1.807) is 43.9 Å². The summed E-state index contributed by atoms with van der Waals surface area (Å²) in [6.07, 6.45) is 1.10. The third-order valence-electron chi connectivity index (χ3n) is 3.94. The zero-order chi connectivity index (χ0) is 19.5. The van der Waals surface area contributed by atoms with Crippen molar-refractivity contribution in [3.05, 3.63) is 33.8 Å². The Kier molecular flexibility index (Phi) is 6.82. The minimum Gasteiger partial charge on any atom is -0.444 e. The number of nitrogens with one attached hydrogen (secondary N) is 1. The van der Waals surface area contributed by atoms with Crippen molar-refractivity contribution in [3.8, 4) is 0 Å². The van der Waals surface area contributed by atoms with Gasteiger partial charge in [0.05, 0.1) is 5.75 Å². The van der Waals surface area contributed by atoms with E-state index in [9.17, 15) is 13.2 Å². The van der Waals surface area contributed by atoms with Crippen molar-refractivity contribution in [1.29, 1.82) is 0 Å². The Labute approximate surface area is 164 Å². The molecule has 1 fully saturated rings. The van der Waals surface area contributed by atoms with E-state index in [2.05, 4.69) is 4.72 Å². The quantitative estimate of drug-likeness (QED) is 0.782. The fraction of sp³-hybridized carbons (Fsp3) is 0.588. The molecule has 6 nitrogen and oxygen atoms in total. The second-order valence-corrected chi connectivity index (χ2v) is 9.90. The maximum absolute atomic E-state index is 12.4. The highest BCUT2D eigenvalue weighted by molar-refractivity contribution is 7.88. The number of sulfonamides is 1. The molecule has 0 unspecified atom stereocenters. The molecule has 1 heterocycles. The minimum absolute atomic E-state index is 0.129. The monoisotopic (exact) mass is 422 g/mol. The Morgan fingerprint density at radius 3 is 2.50 bits per heavy atom. The molecule has 0 aromatic heterocycles. The zero-order valence-corrected chi connectivity index (χ0v) is 17.4. The molecular formula is C17H24Cl2N2O4S. The first-order chi connectivity index (χ1) is 12.0. The molecule has 1 amide bonds. The van der Waals surface area contributed by atoms with Crippen LogP contribution in [0, 0.1) is 0 Å². The molecule has 1 aliphatic heterocycles. The lowest BCUT2D eigenvalue weighted by Crippen LogP contribution is -2.45. The summed E-state index contributed by atoms with van der Waals surface area (Å²) in [5.41, 5.74) is -0.233. The summed E-state index contributed by atoms with van der Waals surface area (Å²) >= 11 is 12.1. The molecule has 1 aromatic rings. The standard InChI is InChI=1S/C17H24Cl2N2O4S/c1-17(2,3)25-16(22)21-9-5-6-12(21)10-20-26(23,24)11-13-14(18)7-4-8-15(13)19/h4,7-8,12,20H,5-6,9-11H2,1-3H3/t12-/m0/s1. The highest BCUT2D eigenvalue weighted by atomic mass is 35.5. The van der Waals surface area contributed by atoms with Crippen LogP contribution >= 0.6 is 23.2 Å². The van der Waals surface area contributed by atoms with Gasteiger partial charge in [0.25, 0.3) is 0 Å². The van der Waals surface area contributed by atoms with Crippen molar-refractivity contribution in [3.63, 3.8) is 0 Å². The van der Waals surface area contributed by atoms with Gasteiger partial charge in [0.15, 0.2) is 0 Å². The molecule has 0 spiro atoms. The molecule has 0 saturated carbocycles. The lowest BCUT2D eigenvalue weighted by atomic mass is 10.2. The Hall–Kier alpha value is -1.02. The Morgan fingerprint density at radius 2 is 1.92 bits per heavy atom. The van der Waals surface area contributed by atoms with Crippen LogP contribution in [-0.2, 0) is 20.5 Å². The van der Waals surface area contributed by atoms with Crippen molar-refractivity contribution in [1.82, 2.24) is 9.62 Å². The first-order valence-corrected chi connectivity index (χ1v) is 10.8. The van der Waals surface area contributed by atoms with Crippen LogP contribution in [0.2, 0.25) is 10.0 Å². The van der Waals surface area contributed by atoms with Gasteiger partial charge in [-0.25, -0.2) is 17.9 Å². The van der Waals surface area contributed by atoms with Gasteiger partial charge < -0.3 is 9.64 Å². The fourth-order valence-corrected chi connectivity index (χ4v) is 4.67. The van der Waals surface area contributed by atoms with Gasteiger partial charge in [0.1, 0.15) is 5.60 Å². The first-order valence-electron chi connectivity index (χ1n) is 8.38. The van der Waals surface area contributed by atoms with Crippen LogP contribution in [-0.4, -0.2) is 44.1 Å². The number of rotatable bonds is 5. The van der Waals surface area contributed by atoms with Crippen LogP contribution in [0.25, 0.3) is 0 Å². The summed E-state index contributed by atoms with van der Waals surface area (Å²) in [5, 5.41) is 0.609. The number of carbonyl (C=O) groups excluding carboxylic acids is 1. The number of benzene rings is 1. The Morgan fingerprint density at radius 1 is 1.31 bits per heavy atom. The number of amides is 1. The summed E-state index contributed by atoms with van der Waals surface area (Å²) in [6, 6.07) is 4.62. The average molecular weight is 423 g/mol. The van der Waals surface area contributed by atoms with Crippen LogP contribution in [0.3, 0.4) is 0 Å². The lowest BCUT2D eigenvalue weighted by Gasteiger charge is -2.28. The van der Waals surface area contributed by atoms with Crippen molar-refractivity contribution < 1.29 is 17.9 Å². The van der Waals surface area contributed by atoms with Gasteiger partial charge in [-0.05, 0) is 45.7 Å².